The summed E-state index contributed by atoms with van der Waals surface area (Å²) >= 11 is 0. The second-order valence-corrected chi connectivity index (χ2v) is 8.09. The van der Waals surface area contributed by atoms with E-state index in [4.69, 9.17) is 0 Å². The van der Waals surface area contributed by atoms with E-state index in [9.17, 15) is 8.42 Å². The summed E-state index contributed by atoms with van der Waals surface area (Å²) in [6.45, 7) is 3.83. The standard InChI is InChI=1S/C19H19N7O2S/c1-3-29(27,28)24-16-6-4-5-14(9-16)12-26-8-7-15-10-20-19(23-18(15)26)22-17-11-21-25(2)13-17/h3-11,13,24H,1,12H2,2H3,(H,20,22,23). The number of benzene rings is 1. The summed E-state index contributed by atoms with van der Waals surface area (Å²) in [6, 6.07) is 9.13. The highest BCUT2D eigenvalue weighted by Gasteiger charge is 2.09. The third-order valence-corrected chi connectivity index (χ3v) is 5.18. The molecule has 0 radical (unpaired) electrons. The quantitative estimate of drug-likeness (QED) is 0.486. The first-order valence-electron chi connectivity index (χ1n) is 8.74. The zero-order valence-electron chi connectivity index (χ0n) is 15.6. The van der Waals surface area contributed by atoms with Crippen LogP contribution in [-0.4, -0.2) is 32.7 Å². The van der Waals surface area contributed by atoms with Gasteiger partial charge in [0.25, 0.3) is 10.0 Å². The maximum atomic E-state index is 11.7. The average Bonchev–Trinajstić information content (AvgIpc) is 3.28. The first-order chi connectivity index (χ1) is 13.9. The van der Waals surface area contributed by atoms with Crippen molar-refractivity contribution < 1.29 is 8.42 Å². The fraction of sp³-hybridized carbons (Fsp3) is 0.105. The van der Waals surface area contributed by atoms with Gasteiger partial charge in [-0.15, -0.1) is 0 Å². The molecule has 10 heteroatoms. The monoisotopic (exact) mass is 409 g/mol. The van der Waals surface area contributed by atoms with Crippen LogP contribution in [0.2, 0.25) is 0 Å². The lowest BCUT2D eigenvalue weighted by Gasteiger charge is -2.09. The summed E-state index contributed by atoms with van der Waals surface area (Å²) in [5.74, 6) is 0.470. The second kappa shape index (κ2) is 7.40. The first-order valence-corrected chi connectivity index (χ1v) is 10.3. The van der Waals surface area contributed by atoms with E-state index in [1.165, 1.54) is 0 Å². The lowest BCUT2D eigenvalue weighted by Crippen LogP contribution is -2.09. The number of aryl methyl sites for hydroxylation is 1. The van der Waals surface area contributed by atoms with Crippen molar-refractivity contribution in [3.8, 4) is 0 Å². The molecule has 0 aliphatic carbocycles. The highest BCUT2D eigenvalue weighted by Crippen LogP contribution is 2.20. The van der Waals surface area contributed by atoms with E-state index in [1.807, 2.05) is 36.1 Å². The summed E-state index contributed by atoms with van der Waals surface area (Å²) in [5, 5.41) is 9.04. The summed E-state index contributed by atoms with van der Waals surface area (Å²) in [6.07, 6.45) is 7.21. The summed E-state index contributed by atoms with van der Waals surface area (Å²) in [7, 11) is -1.71. The molecule has 0 atom stereocenters. The normalized spacial score (nSPS) is 11.5. The Hall–Kier alpha value is -3.66. The Morgan fingerprint density at radius 3 is 2.83 bits per heavy atom. The highest BCUT2D eigenvalue weighted by molar-refractivity contribution is 7.95. The van der Waals surface area contributed by atoms with E-state index in [0.717, 1.165) is 27.7 Å². The molecule has 0 spiro atoms. The molecule has 3 heterocycles. The molecule has 29 heavy (non-hydrogen) atoms. The Labute approximate surface area is 167 Å². The number of rotatable bonds is 7. The van der Waals surface area contributed by atoms with Gasteiger partial charge in [0.05, 0.1) is 11.9 Å². The maximum absolute atomic E-state index is 11.7. The van der Waals surface area contributed by atoms with Gasteiger partial charge in [-0.2, -0.15) is 10.1 Å². The Morgan fingerprint density at radius 2 is 2.07 bits per heavy atom. The van der Waals surface area contributed by atoms with Crippen molar-refractivity contribution >= 4 is 38.4 Å². The molecule has 0 aliphatic rings. The summed E-state index contributed by atoms with van der Waals surface area (Å²) < 4.78 is 29.5. The molecule has 4 aromatic rings. The number of hydrogen-bond acceptors (Lipinski definition) is 6. The Kier molecular flexibility index (Phi) is 4.77. The van der Waals surface area contributed by atoms with Crippen molar-refractivity contribution in [2.24, 2.45) is 7.05 Å². The number of fused-ring (bicyclic) bond motifs is 1. The predicted molar refractivity (Wildman–Crippen MR) is 112 cm³/mol. The van der Waals surface area contributed by atoms with E-state index in [-0.39, 0.29) is 0 Å². The van der Waals surface area contributed by atoms with Crippen molar-refractivity contribution in [3.05, 3.63) is 72.7 Å². The van der Waals surface area contributed by atoms with Crippen molar-refractivity contribution in [2.75, 3.05) is 10.0 Å². The zero-order chi connectivity index (χ0) is 20.4. The van der Waals surface area contributed by atoms with E-state index in [1.54, 1.807) is 35.3 Å². The van der Waals surface area contributed by atoms with E-state index < -0.39 is 10.0 Å². The van der Waals surface area contributed by atoms with Crippen LogP contribution < -0.4 is 10.0 Å². The van der Waals surface area contributed by atoms with Crippen LogP contribution >= 0.6 is 0 Å². The molecule has 0 bridgehead atoms. The van der Waals surface area contributed by atoms with Crippen LogP contribution in [0.5, 0.6) is 0 Å². The smallest absolute Gasteiger partial charge is 0.254 e. The fourth-order valence-electron chi connectivity index (χ4n) is 2.91. The molecule has 0 aliphatic heterocycles. The Morgan fingerprint density at radius 1 is 1.21 bits per heavy atom. The molecule has 4 rings (SSSR count). The highest BCUT2D eigenvalue weighted by atomic mass is 32.2. The van der Waals surface area contributed by atoms with Gasteiger partial charge in [0.2, 0.25) is 5.95 Å². The van der Waals surface area contributed by atoms with Crippen molar-refractivity contribution in [3.63, 3.8) is 0 Å². The molecule has 0 amide bonds. The number of anilines is 3. The minimum absolute atomic E-state index is 0.470. The van der Waals surface area contributed by atoms with Crippen LogP contribution in [0.15, 0.2) is 67.1 Å². The molecule has 9 nitrogen and oxygen atoms in total. The fourth-order valence-corrected chi connectivity index (χ4v) is 3.45. The topological polar surface area (TPSA) is 107 Å². The van der Waals surface area contributed by atoms with Gasteiger partial charge in [0, 0.05) is 48.7 Å². The van der Waals surface area contributed by atoms with Gasteiger partial charge in [0.15, 0.2) is 0 Å². The number of nitrogens with zero attached hydrogens (tertiary/aromatic N) is 5. The van der Waals surface area contributed by atoms with Crippen LogP contribution in [0.1, 0.15) is 5.56 Å². The van der Waals surface area contributed by atoms with Crippen LogP contribution in [0, 0.1) is 0 Å². The lowest BCUT2D eigenvalue weighted by molar-refractivity contribution is 0.609. The predicted octanol–water partition coefficient (Wildman–Crippen LogP) is 2.84. The van der Waals surface area contributed by atoms with Gasteiger partial charge in [-0.3, -0.25) is 9.40 Å². The summed E-state index contributed by atoms with van der Waals surface area (Å²) in [5.41, 5.74) is 2.97. The van der Waals surface area contributed by atoms with Crippen molar-refractivity contribution in [1.82, 2.24) is 24.3 Å². The molecular formula is C19H19N7O2S. The number of nitrogens with one attached hydrogen (secondary N) is 2. The molecule has 3 aromatic heterocycles. The largest absolute Gasteiger partial charge is 0.328 e. The van der Waals surface area contributed by atoms with Crippen molar-refractivity contribution in [2.45, 2.75) is 6.54 Å². The van der Waals surface area contributed by atoms with Gasteiger partial charge in [-0.05, 0) is 23.8 Å². The number of sulfonamides is 1. The van der Waals surface area contributed by atoms with Gasteiger partial charge < -0.3 is 9.88 Å². The van der Waals surface area contributed by atoms with E-state index >= 15 is 0 Å². The van der Waals surface area contributed by atoms with Crippen LogP contribution in [0.4, 0.5) is 17.3 Å². The third-order valence-electron chi connectivity index (χ3n) is 4.22. The minimum Gasteiger partial charge on any atom is -0.328 e. The average molecular weight is 409 g/mol. The molecule has 0 fully saturated rings. The Balaban J connectivity index is 1.59. The Bertz CT molecular complexity index is 1290. The molecule has 1 aromatic carbocycles. The lowest BCUT2D eigenvalue weighted by atomic mass is 10.2. The van der Waals surface area contributed by atoms with Crippen LogP contribution in [0.3, 0.4) is 0 Å². The molecule has 2 N–H and O–H groups in total. The molecular weight excluding hydrogens is 390 g/mol. The van der Waals surface area contributed by atoms with Gasteiger partial charge in [0.1, 0.15) is 5.65 Å². The van der Waals surface area contributed by atoms with Gasteiger partial charge in [-0.1, -0.05) is 18.7 Å². The summed E-state index contributed by atoms with van der Waals surface area (Å²) in [4.78, 5) is 8.95. The van der Waals surface area contributed by atoms with Gasteiger partial charge in [-0.25, -0.2) is 13.4 Å². The number of hydrogen-bond donors (Lipinski definition) is 2. The van der Waals surface area contributed by atoms with E-state index in [0.29, 0.717) is 18.2 Å². The third kappa shape index (κ3) is 4.27. The molecule has 0 unspecified atom stereocenters. The van der Waals surface area contributed by atoms with Gasteiger partial charge >= 0.3 is 0 Å². The molecule has 0 saturated carbocycles. The molecule has 148 valence electrons. The van der Waals surface area contributed by atoms with E-state index in [2.05, 4.69) is 31.7 Å². The maximum Gasteiger partial charge on any atom is 0.254 e. The van der Waals surface area contributed by atoms with Crippen LogP contribution in [-0.2, 0) is 23.6 Å². The second-order valence-electron chi connectivity index (χ2n) is 6.46. The van der Waals surface area contributed by atoms with Crippen molar-refractivity contribution in [1.29, 1.82) is 0 Å². The first kappa shape index (κ1) is 18.7. The molecule has 0 saturated heterocycles. The van der Waals surface area contributed by atoms with Crippen LogP contribution in [0.25, 0.3) is 11.0 Å². The SMILES string of the molecule is C=CS(=O)(=O)Nc1cccc(Cn2ccc3cnc(Nc4cnn(C)c4)nc32)c1. The minimum atomic E-state index is -3.55. The zero-order valence-corrected chi connectivity index (χ0v) is 16.5. The number of aromatic nitrogens is 5.